The predicted octanol–water partition coefficient (Wildman–Crippen LogP) is 3.50. The van der Waals surface area contributed by atoms with Gasteiger partial charge in [-0.05, 0) is 24.0 Å². The molecule has 0 radical (unpaired) electrons. The van der Waals surface area contributed by atoms with Gasteiger partial charge in [0.2, 0.25) is 0 Å². The summed E-state index contributed by atoms with van der Waals surface area (Å²) in [5.74, 6) is 0.444. The molecule has 0 heterocycles. The second-order valence-corrected chi connectivity index (χ2v) is 6.11. The highest BCUT2D eigenvalue weighted by atomic mass is 19.4. The normalized spacial score (nSPS) is 17.0. The molecule has 3 N–H and O–H groups in total. The van der Waals surface area contributed by atoms with Gasteiger partial charge < -0.3 is 15.8 Å². The van der Waals surface area contributed by atoms with E-state index in [0.717, 1.165) is 18.4 Å². The summed E-state index contributed by atoms with van der Waals surface area (Å²) < 4.78 is 40.7. The van der Waals surface area contributed by atoms with E-state index in [1.807, 2.05) is 12.1 Å². The second-order valence-electron chi connectivity index (χ2n) is 6.11. The van der Waals surface area contributed by atoms with Crippen molar-refractivity contribution in [3.63, 3.8) is 0 Å². The lowest BCUT2D eigenvalue weighted by molar-refractivity contribution is -0.176. The molecule has 4 nitrogen and oxygen atoms in total. The first kappa shape index (κ1) is 18.6. The van der Waals surface area contributed by atoms with E-state index in [1.165, 1.54) is 19.3 Å². The Balaban J connectivity index is 1.75. The van der Waals surface area contributed by atoms with Crippen LogP contribution in [0.5, 0.6) is 0 Å². The van der Waals surface area contributed by atoms with Gasteiger partial charge in [-0.3, -0.25) is 0 Å². The molecule has 2 rings (SSSR count). The summed E-state index contributed by atoms with van der Waals surface area (Å²) in [5, 5.41) is 3.24. The summed E-state index contributed by atoms with van der Waals surface area (Å²) >= 11 is 0. The third-order valence-corrected chi connectivity index (χ3v) is 3.95. The van der Waals surface area contributed by atoms with Gasteiger partial charge in [-0.15, -0.1) is 0 Å². The topological polar surface area (TPSA) is 59.6 Å². The van der Waals surface area contributed by atoms with E-state index in [0.29, 0.717) is 24.1 Å². The average molecular weight is 343 g/mol. The minimum absolute atomic E-state index is 0.0611. The SMILES string of the molecule is NC(=NCc1ccc(COCC(F)(F)F)cc1)NC1CCCCC1. The van der Waals surface area contributed by atoms with Gasteiger partial charge in [0, 0.05) is 6.04 Å². The number of guanidine groups is 1. The Morgan fingerprint density at radius 2 is 1.75 bits per heavy atom. The van der Waals surface area contributed by atoms with Crippen LogP contribution in [0.15, 0.2) is 29.3 Å². The Kier molecular flexibility index (Phi) is 6.90. The minimum atomic E-state index is -4.29. The van der Waals surface area contributed by atoms with Crippen molar-refractivity contribution in [2.24, 2.45) is 10.7 Å². The first-order valence-corrected chi connectivity index (χ1v) is 8.21. The molecule has 0 unspecified atom stereocenters. The fraction of sp³-hybridized carbons (Fsp3) is 0.588. The highest BCUT2D eigenvalue weighted by Gasteiger charge is 2.27. The number of halogens is 3. The highest BCUT2D eigenvalue weighted by molar-refractivity contribution is 5.78. The Morgan fingerprint density at radius 1 is 1.12 bits per heavy atom. The van der Waals surface area contributed by atoms with Gasteiger partial charge in [-0.25, -0.2) is 4.99 Å². The van der Waals surface area contributed by atoms with Crippen LogP contribution in [0, 0.1) is 0 Å². The smallest absolute Gasteiger partial charge is 0.370 e. The molecule has 7 heteroatoms. The average Bonchev–Trinajstić information content (AvgIpc) is 2.54. The molecule has 0 aliphatic heterocycles. The van der Waals surface area contributed by atoms with Crippen LogP contribution in [-0.2, 0) is 17.9 Å². The first-order valence-electron chi connectivity index (χ1n) is 8.21. The van der Waals surface area contributed by atoms with E-state index in [9.17, 15) is 13.2 Å². The molecule has 0 saturated heterocycles. The van der Waals surface area contributed by atoms with E-state index in [2.05, 4.69) is 15.0 Å². The van der Waals surface area contributed by atoms with Crippen LogP contribution in [0.4, 0.5) is 13.2 Å². The molecule has 1 fully saturated rings. The molecule has 1 saturated carbocycles. The zero-order valence-electron chi connectivity index (χ0n) is 13.6. The number of alkyl halides is 3. The number of hydrogen-bond acceptors (Lipinski definition) is 2. The molecule has 0 bridgehead atoms. The lowest BCUT2D eigenvalue weighted by Crippen LogP contribution is -2.41. The summed E-state index contributed by atoms with van der Waals surface area (Å²) in [5.41, 5.74) is 7.54. The molecule has 1 aromatic rings. The molecule has 0 atom stereocenters. The largest absolute Gasteiger partial charge is 0.411 e. The van der Waals surface area contributed by atoms with Crippen molar-refractivity contribution in [1.82, 2.24) is 5.32 Å². The maximum absolute atomic E-state index is 12.0. The first-order chi connectivity index (χ1) is 11.4. The number of nitrogens with two attached hydrogens (primary N) is 1. The number of rotatable bonds is 6. The van der Waals surface area contributed by atoms with Gasteiger partial charge in [-0.1, -0.05) is 43.5 Å². The summed E-state index contributed by atoms with van der Waals surface area (Å²) in [6.45, 7) is -0.855. The van der Waals surface area contributed by atoms with Crippen molar-refractivity contribution >= 4 is 5.96 Å². The van der Waals surface area contributed by atoms with Crippen LogP contribution in [0.1, 0.15) is 43.2 Å². The van der Waals surface area contributed by atoms with Crippen LogP contribution in [0.25, 0.3) is 0 Å². The summed E-state index contributed by atoms with van der Waals surface area (Å²) in [6, 6.07) is 7.54. The van der Waals surface area contributed by atoms with Crippen LogP contribution < -0.4 is 11.1 Å². The lowest BCUT2D eigenvalue weighted by Gasteiger charge is -2.23. The van der Waals surface area contributed by atoms with Crippen molar-refractivity contribution in [2.45, 2.75) is 57.5 Å². The molecule has 1 aliphatic carbocycles. The fourth-order valence-electron chi connectivity index (χ4n) is 2.70. The minimum Gasteiger partial charge on any atom is -0.370 e. The van der Waals surface area contributed by atoms with Gasteiger partial charge in [0.15, 0.2) is 5.96 Å². The van der Waals surface area contributed by atoms with Crippen LogP contribution in [-0.4, -0.2) is 24.8 Å². The van der Waals surface area contributed by atoms with Gasteiger partial charge >= 0.3 is 6.18 Å². The molecule has 0 aromatic heterocycles. The number of aliphatic imine (C=N–C) groups is 1. The Morgan fingerprint density at radius 3 is 2.38 bits per heavy atom. The number of benzene rings is 1. The number of nitrogens with one attached hydrogen (secondary N) is 1. The van der Waals surface area contributed by atoms with Crippen molar-refractivity contribution in [3.8, 4) is 0 Å². The Hall–Kier alpha value is -1.76. The van der Waals surface area contributed by atoms with E-state index < -0.39 is 12.8 Å². The fourth-order valence-corrected chi connectivity index (χ4v) is 2.70. The van der Waals surface area contributed by atoms with Gasteiger partial charge in [-0.2, -0.15) is 13.2 Å². The van der Waals surface area contributed by atoms with Crippen molar-refractivity contribution in [3.05, 3.63) is 35.4 Å². The summed E-state index contributed by atoms with van der Waals surface area (Å²) in [4.78, 5) is 4.32. The molecular weight excluding hydrogens is 319 g/mol. The van der Waals surface area contributed by atoms with E-state index in [1.54, 1.807) is 12.1 Å². The van der Waals surface area contributed by atoms with Crippen molar-refractivity contribution in [2.75, 3.05) is 6.61 Å². The molecule has 0 spiro atoms. The second kappa shape index (κ2) is 8.92. The van der Waals surface area contributed by atoms with E-state index >= 15 is 0 Å². The summed E-state index contributed by atoms with van der Waals surface area (Å²) in [6.07, 6.45) is 1.70. The van der Waals surface area contributed by atoms with E-state index in [-0.39, 0.29) is 6.61 Å². The van der Waals surface area contributed by atoms with Gasteiger partial charge in [0.05, 0.1) is 13.2 Å². The Bertz CT molecular complexity index is 523. The zero-order valence-corrected chi connectivity index (χ0v) is 13.6. The van der Waals surface area contributed by atoms with Crippen molar-refractivity contribution < 1.29 is 17.9 Å². The molecule has 134 valence electrons. The third kappa shape index (κ3) is 7.21. The Labute approximate surface area is 140 Å². The number of hydrogen-bond donors (Lipinski definition) is 2. The summed E-state index contributed by atoms with van der Waals surface area (Å²) in [7, 11) is 0. The quantitative estimate of drug-likeness (QED) is 0.614. The number of nitrogens with zero attached hydrogens (tertiary/aromatic N) is 1. The predicted molar refractivity (Wildman–Crippen MR) is 87.5 cm³/mol. The monoisotopic (exact) mass is 343 g/mol. The van der Waals surface area contributed by atoms with E-state index in [4.69, 9.17) is 5.73 Å². The molecule has 0 amide bonds. The standard InChI is InChI=1S/C17H24F3N3O/c18-17(19,20)12-24-11-14-8-6-13(7-9-14)10-22-16(21)23-15-4-2-1-3-5-15/h6-9,15H,1-5,10-12H2,(H3,21,22,23). The number of ether oxygens (including phenoxy) is 1. The highest BCUT2D eigenvalue weighted by Crippen LogP contribution is 2.17. The van der Waals surface area contributed by atoms with Gasteiger partial charge in [0.1, 0.15) is 6.61 Å². The molecule has 1 aromatic carbocycles. The van der Waals surface area contributed by atoms with Crippen LogP contribution >= 0.6 is 0 Å². The molecular formula is C17H24F3N3O. The third-order valence-electron chi connectivity index (χ3n) is 3.95. The van der Waals surface area contributed by atoms with Gasteiger partial charge in [0.25, 0.3) is 0 Å². The molecule has 24 heavy (non-hydrogen) atoms. The maximum atomic E-state index is 12.0. The van der Waals surface area contributed by atoms with Crippen LogP contribution in [0.3, 0.4) is 0 Å². The van der Waals surface area contributed by atoms with Crippen LogP contribution in [0.2, 0.25) is 0 Å². The lowest BCUT2D eigenvalue weighted by atomic mass is 9.96. The van der Waals surface area contributed by atoms with Crippen molar-refractivity contribution in [1.29, 1.82) is 0 Å². The zero-order chi connectivity index (χ0) is 17.4. The maximum Gasteiger partial charge on any atom is 0.411 e. The molecule has 1 aliphatic rings.